The van der Waals surface area contributed by atoms with Gasteiger partial charge in [-0.1, -0.05) is 73.5 Å². The number of ether oxygens (including phenoxy) is 1. The van der Waals surface area contributed by atoms with Crippen LogP contribution in [0.25, 0.3) is 0 Å². The van der Waals surface area contributed by atoms with Gasteiger partial charge < -0.3 is 14.3 Å². The summed E-state index contributed by atoms with van der Waals surface area (Å²) >= 11 is 0. The Balaban J connectivity index is 1.40. The molecule has 2 aromatic carbocycles. The van der Waals surface area contributed by atoms with Crippen molar-refractivity contribution in [1.82, 2.24) is 0 Å². The summed E-state index contributed by atoms with van der Waals surface area (Å²) in [6, 6.07) is 20.1. The monoisotopic (exact) mass is 436 g/mol. The molecule has 4 rings (SSSR count). The van der Waals surface area contributed by atoms with E-state index in [0.717, 1.165) is 75.5 Å². The van der Waals surface area contributed by atoms with Crippen LogP contribution in [0.4, 0.5) is 0 Å². The fourth-order valence-corrected chi connectivity index (χ4v) is 5.78. The van der Waals surface area contributed by atoms with Crippen molar-refractivity contribution in [2.45, 2.75) is 63.1 Å². The molecule has 0 bridgehead atoms. The number of nitrogens with zero attached hydrogens (tertiary/aromatic N) is 1. The largest absolute Gasteiger partial charge is 0.454 e. The number of esters is 1. The molecular weight excluding hydrogens is 398 g/mol. The maximum atomic E-state index is 13.5. The van der Waals surface area contributed by atoms with Crippen molar-refractivity contribution in [1.29, 1.82) is 0 Å². The Hall–Kier alpha value is -2.17. The molecule has 3 atom stereocenters. The molecule has 2 fully saturated rings. The fraction of sp³-hybridized carbons (Fsp3) is 0.536. The lowest BCUT2D eigenvalue weighted by atomic mass is 9.80. The van der Waals surface area contributed by atoms with E-state index < -0.39 is 11.6 Å². The minimum Gasteiger partial charge on any atom is -0.454 e. The first-order valence-electron chi connectivity index (χ1n) is 12.4. The summed E-state index contributed by atoms with van der Waals surface area (Å²) in [5.74, 6) is -0.508. The molecule has 2 aromatic rings. The van der Waals surface area contributed by atoms with E-state index in [1.165, 1.54) is 5.56 Å². The van der Waals surface area contributed by atoms with Gasteiger partial charge >= 0.3 is 5.97 Å². The van der Waals surface area contributed by atoms with Crippen LogP contribution in [0.15, 0.2) is 60.7 Å². The number of likely N-dealkylation sites (tertiary alicyclic amines) is 1. The quantitative estimate of drug-likeness (QED) is 0.475. The molecular formula is C28H38NO3+. The Kier molecular flexibility index (Phi) is 7.32. The van der Waals surface area contributed by atoms with Crippen LogP contribution in [0, 0.1) is 5.92 Å². The molecule has 1 saturated carbocycles. The molecule has 1 N–H and O–H groups in total. The molecule has 0 spiro atoms. The van der Waals surface area contributed by atoms with Gasteiger partial charge in [0.2, 0.25) is 0 Å². The smallest absolute Gasteiger partial charge is 0.343 e. The third-order valence-corrected chi connectivity index (χ3v) is 7.62. The number of aliphatic hydroxyl groups is 1. The highest BCUT2D eigenvalue weighted by Crippen LogP contribution is 2.42. The van der Waals surface area contributed by atoms with Gasteiger partial charge in [-0.2, -0.15) is 0 Å². The molecule has 0 aromatic heterocycles. The summed E-state index contributed by atoms with van der Waals surface area (Å²) in [4.78, 5) is 13.5. The lowest BCUT2D eigenvalue weighted by Crippen LogP contribution is -2.55. The zero-order valence-corrected chi connectivity index (χ0v) is 19.4. The number of piperidine rings is 1. The molecule has 1 aliphatic heterocycles. The van der Waals surface area contributed by atoms with E-state index >= 15 is 0 Å². The van der Waals surface area contributed by atoms with Gasteiger partial charge in [-0.25, -0.2) is 4.79 Å². The third kappa shape index (κ3) is 5.24. The van der Waals surface area contributed by atoms with Crippen LogP contribution in [0.1, 0.15) is 56.1 Å². The van der Waals surface area contributed by atoms with Gasteiger partial charge in [-0.3, -0.25) is 0 Å². The average Bonchev–Trinajstić information content (AvgIpc) is 3.35. The van der Waals surface area contributed by atoms with E-state index in [1.54, 1.807) is 0 Å². The first kappa shape index (κ1) is 23.0. The first-order chi connectivity index (χ1) is 15.5. The van der Waals surface area contributed by atoms with Crippen molar-refractivity contribution >= 4 is 5.97 Å². The average molecular weight is 437 g/mol. The number of carbonyl (C=O) groups is 1. The number of likely N-dealkylation sites (N-methyl/N-ethyl adjacent to an activating group) is 1. The van der Waals surface area contributed by atoms with E-state index in [1.807, 2.05) is 30.3 Å². The SMILES string of the molecule is C[N+]1(CCCc2ccccc2)CCC[C@@H](OC(=O)C(O)(c2ccccc2)C2CCCC2)C1. The lowest BCUT2D eigenvalue weighted by molar-refractivity contribution is -0.917. The van der Waals surface area contributed by atoms with Crippen LogP contribution in [0.5, 0.6) is 0 Å². The molecule has 1 saturated heterocycles. The molecule has 0 radical (unpaired) electrons. The maximum Gasteiger partial charge on any atom is 0.343 e. The second kappa shape index (κ2) is 10.2. The van der Waals surface area contributed by atoms with Crippen molar-refractivity contribution in [3.63, 3.8) is 0 Å². The molecule has 1 aliphatic carbocycles. The number of benzene rings is 2. The Morgan fingerprint density at radius 1 is 1.00 bits per heavy atom. The summed E-state index contributed by atoms with van der Waals surface area (Å²) in [5.41, 5.74) is 0.516. The second-order valence-corrected chi connectivity index (χ2v) is 10.1. The molecule has 2 aliphatic rings. The highest BCUT2D eigenvalue weighted by molar-refractivity contribution is 5.81. The summed E-state index contributed by atoms with van der Waals surface area (Å²) in [6.45, 7) is 3.03. The van der Waals surface area contributed by atoms with E-state index in [2.05, 4.69) is 37.4 Å². The zero-order valence-electron chi connectivity index (χ0n) is 19.4. The molecule has 4 nitrogen and oxygen atoms in total. The fourth-order valence-electron chi connectivity index (χ4n) is 5.78. The Morgan fingerprint density at radius 3 is 2.34 bits per heavy atom. The van der Waals surface area contributed by atoms with Crippen LogP contribution in [-0.2, 0) is 21.6 Å². The minimum atomic E-state index is -1.54. The van der Waals surface area contributed by atoms with Gasteiger partial charge in [0.15, 0.2) is 11.7 Å². The van der Waals surface area contributed by atoms with Gasteiger partial charge in [-0.15, -0.1) is 0 Å². The zero-order chi connectivity index (χ0) is 22.4. The van der Waals surface area contributed by atoms with Gasteiger partial charge in [0, 0.05) is 18.8 Å². The number of aryl methyl sites for hydroxylation is 1. The van der Waals surface area contributed by atoms with Crippen LogP contribution >= 0.6 is 0 Å². The highest BCUT2D eigenvalue weighted by atomic mass is 16.6. The van der Waals surface area contributed by atoms with Crippen LogP contribution < -0.4 is 0 Å². The summed E-state index contributed by atoms with van der Waals surface area (Å²) in [5, 5.41) is 11.7. The van der Waals surface area contributed by atoms with E-state index in [-0.39, 0.29) is 12.0 Å². The maximum absolute atomic E-state index is 13.5. The number of quaternary nitrogens is 1. The highest BCUT2D eigenvalue weighted by Gasteiger charge is 2.49. The van der Waals surface area contributed by atoms with Crippen molar-refractivity contribution in [3.05, 3.63) is 71.8 Å². The molecule has 4 heteroatoms. The number of carbonyl (C=O) groups excluding carboxylic acids is 1. The first-order valence-corrected chi connectivity index (χ1v) is 12.4. The van der Waals surface area contributed by atoms with Crippen LogP contribution in [-0.4, -0.2) is 48.3 Å². The van der Waals surface area contributed by atoms with Crippen molar-refractivity contribution in [2.75, 3.05) is 26.7 Å². The molecule has 1 heterocycles. The predicted octanol–water partition coefficient (Wildman–Crippen LogP) is 4.85. The van der Waals surface area contributed by atoms with Gasteiger partial charge in [0.25, 0.3) is 0 Å². The van der Waals surface area contributed by atoms with E-state index in [9.17, 15) is 9.90 Å². The minimum absolute atomic E-state index is 0.0623. The van der Waals surface area contributed by atoms with E-state index in [0.29, 0.717) is 5.56 Å². The Labute approximate surface area is 192 Å². The predicted molar refractivity (Wildman–Crippen MR) is 127 cm³/mol. The van der Waals surface area contributed by atoms with Gasteiger partial charge in [0.05, 0.1) is 20.1 Å². The number of rotatable bonds is 8. The van der Waals surface area contributed by atoms with Crippen molar-refractivity contribution in [3.8, 4) is 0 Å². The van der Waals surface area contributed by atoms with Crippen LogP contribution in [0.3, 0.4) is 0 Å². The number of hydrogen-bond donors (Lipinski definition) is 1. The molecule has 32 heavy (non-hydrogen) atoms. The van der Waals surface area contributed by atoms with E-state index in [4.69, 9.17) is 4.74 Å². The van der Waals surface area contributed by atoms with Crippen molar-refractivity contribution in [2.24, 2.45) is 5.92 Å². The van der Waals surface area contributed by atoms with Gasteiger partial charge in [0.1, 0.15) is 6.54 Å². The topological polar surface area (TPSA) is 46.5 Å². The standard InChI is InChI=1S/C28H38NO3/c1-29(20-10-14-23-12-4-2-5-13-23)21-11-19-26(22-29)32-27(30)28(31,25-17-8-9-18-25)24-15-6-3-7-16-24/h2-7,12-13,15-16,25-26,31H,8-11,14,17-22H2,1H3/q+1/t26-,28?,29?/m1/s1. The molecule has 2 unspecified atom stereocenters. The summed E-state index contributed by atoms with van der Waals surface area (Å²) < 4.78 is 7.01. The summed E-state index contributed by atoms with van der Waals surface area (Å²) in [7, 11) is 2.28. The molecule has 0 amide bonds. The van der Waals surface area contributed by atoms with Crippen LogP contribution in [0.2, 0.25) is 0 Å². The van der Waals surface area contributed by atoms with Gasteiger partial charge in [-0.05, 0) is 36.8 Å². The third-order valence-electron chi connectivity index (χ3n) is 7.62. The van der Waals surface area contributed by atoms with Crippen molar-refractivity contribution < 1.29 is 19.1 Å². The number of hydrogen-bond acceptors (Lipinski definition) is 3. The normalized spacial score (nSPS) is 25.9. The Bertz CT molecular complexity index is 865. The summed E-state index contributed by atoms with van der Waals surface area (Å²) in [6.07, 6.45) is 7.87. The second-order valence-electron chi connectivity index (χ2n) is 10.1. The molecule has 172 valence electrons. The Morgan fingerprint density at radius 2 is 1.66 bits per heavy atom. The lowest BCUT2D eigenvalue weighted by Gasteiger charge is -2.42.